The summed E-state index contributed by atoms with van der Waals surface area (Å²) in [5.74, 6) is -1.14. The minimum Gasteiger partial charge on any atom is -0.481 e. The van der Waals surface area contributed by atoms with Crippen molar-refractivity contribution in [1.29, 1.82) is 0 Å². The number of hydrogen-bond acceptors (Lipinski definition) is 3. The number of carboxylic acids is 1. The van der Waals surface area contributed by atoms with E-state index < -0.39 is 5.97 Å². The molecule has 2 rings (SSSR count). The predicted octanol–water partition coefficient (Wildman–Crippen LogP) is 2.84. The lowest BCUT2D eigenvalue weighted by molar-refractivity contribution is -0.145. The van der Waals surface area contributed by atoms with Gasteiger partial charge in [-0.25, -0.2) is 0 Å². The second kappa shape index (κ2) is 7.13. The van der Waals surface area contributed by atoms with Crippen LogP contribution >= 0.6 is 27.5 Å². The van der Waals surface area contributed by atoms with E-state index in [1.165, 1.54) is 0 Å². The molecule has 1 aromatic rings. The smallest absolute Gasteiger partial charge is 0.306 e. The molecule has 1 aliphatic heterocycles. The molecule has 2 N–H and O–H groups in total. The highest BCUT2D eigenvalue weighted by Crippen LogP contribution is 2.26. The van der Waals surface area contributed by atoms with E-state index in [4.69, 9.17) is 16.7 Å². The summed E-state index contributed by atoms with van der Waals surface area (Å²) in [6.07, 6.45) is 1.03. The number of carboxylic acid groups (broad SMARTS) is 1. The van der Waals surface area contributed by atoms with Crippen molar-refractivity contribution in [1.82, 2.24) is 4.90 Å². The van der Waals surface area contributed by atoms with E-state index in [0.717, 1.165) is 10.2 Å². The topological polar surface area (TPSA) is 69.6 Å². The lowest BCUT2D eigenvalue weighted by Gasteiger charge is -2.30. The molecule has 0 saturated carbocycles. The van der Waals surface area contributed by atoms with Crippen LogP contribution in [0.3, 0.4) is 0 Å². The molecular formula is C14H16BrClN2O3. The summed E-state index contributed by atoms with van der Waals surface area (Å²) < 4.78 is 0.837. The number of rotatable bonds is 4. The number of nitrogens with one attached hydrogen (secondary N) is 1. The zero-order valence-corrected chi connectivity index (χ0v) is 13.7. The van der Waals surface area contributed by atoms with Crippen LogP contribution in [0.5, 0.6) is 0 Å². The quantitative estimate of drug-likeness (QED) is 0.849. The van der Waals surface area contributed by atoms with Gasteiger partial charge in [-0.05, 0) is 47.0 Å². The van der Waals surface area contributed by atoms with Crippen molar-refractivity contribution < 1.29 is 14.7 Å². The van der Waals surface area contributed by atoms with Crippen LogP contribution in [0.1, 0.15) is 12.8 Å². The van der Waals surface area contributed by atoms with Gasteiger partial charge in [-0.3, -0.25) is 9.59 Å². The van der Waals surface area contributed by atoms with Gasteiger partial charge in [-0.2, -0.15) is 0 Å². The molecule has 114 valence electrons. The lowest BCUT2D eigenvalue weighted by atomic mass is 9.97. The fourth-order valence-electron chi connectivity index (χ4n) is 2.29. The Morgan fingerprint density at radius 3 is 2.67 bits per heavy atom. The number of anilines is 1. The fraction of sp³-hybridized carbons (Fsp3) is 0.429. The highest BCUT2D eigenvalue weighted by atomic mass is 79.9. The van der Waals surface area contributed by atoms with E-state index in [-0.39, 0.29) is 18.4 Å². The molecule has 0 aliphatic carbocycles. The van der Waals surface area contributed by atoms with Crippen LogP contribution in [-0.2, 0) is 9.59 Å². The van der Waals surface area contributed by atoms with Crippen molar-refractivity contribution in [3.63, 3.8) is 0 Å². The molecule has 0 aromatic heterocycles. The van der Waals surface area contributed by atoms with Crippen molar-refractivity contribution in [3.8, 4) is 0 Å². The number of piperidine rings is 1. The van der Waals surface area contributed by atoms with Gasteiger partial charge in [0.25, 0.3) is 0 Å². The number of likely N-dealkylation sites (tertiary alicyclic amines) is 1. The third kappa shape index (κ3) is 4.35. The van der Waals surface area contributed by atoms with Crippen LogP contribution < -0.4 is 5.32 Å². The molecule has 1 aliphatic rings. The first kappa shape index (κ1) is 16.1. The summed E-state index contributed by atoms with van der Waals surface area (Å²) in [5.41, 5.74) is 0.760. The summed E-state index contributed by atoms with van der Waals surface area (Å²) >= 11 is 9.30. The Morgan fingerprint density at radius 1 is 1.38 bits per heavy atom. The second-order valence-electron chi connectivity index (χ2n) is 4.97. The van der Waals surface area contributed by atoms with Crippen molar-refractivity contribution in [3.05, 3.63) is 27.7 Å². The maximum Gasteiger partial charge on any atom is 0.306 e. The third-order valence-electron chi connectivity index (χ3n) is 3.56. The van der Waals surface area contributed by atoms with Crippen LogP contribution in [0.15, 0.2) is 22.7 Å². The van der Waals surface area contributed by atoms with E-state index >= 15 is 0 Å². The van der Waals surface area contributed by atoms with Crippen molar-refractivity contribution >= 4 is 45.1 Å². The largest absolute Gasteiger partial charge is 0.481 e. The van der Waals surface area contributed by atoms with E-state index in [1.807, 2.05) is 6.07 Å². The molecule has 21 heavy (non-hydrogen) atoms. The van der Waals surface area contributed by atoms with Crippen LogP contribution in [0.25, 0.3) is 0 Å². The average Bonchev–Trinajstić information content (AvgIpc) is 2.48. The molecule has 1 saturated heterocycles. The van der Waals surface area contributed by atoms with Crippen molar-refractivity contribution in [2.75, 3.05) is 25.0 Å². The summed E-state index contributed by atoms with van der Waals surface area (Å²) in [4.78, 5) is 24.7. The molecule has 5 nitrogen and oxygen atoms in total. The monoisotopic (exact) mass is 374 g/mol. The maximum atomic E-state index is 12.1. The first-order valence-corrected chi connectivity index (χ1v) is 7.84. The fourth-order valence-corrected chi connectivity index (χ4v) is 2.85. The van der Waals surface area contributed by atoms with Gasteiger partial charge in [0.1, 0.15) is 0 Å². The van der Waals surface area contributed by atoms with Gasteiger partial charge in [0, 0.05) is 22.6 Å². The number of aliphatic carboxylic acids is 1. The molecule has 0 radical (unpaired) electrons. The van der Waals surface area contributed by atoms with E-state index in [1.54, 1.807) is 17.0 Å². The zero-order chi connectivity index (χ0) is 15.4. The molecule has 1 amide bonds. The van der Waals surface area contributed by atoms with Crippen LogP contribution in [0.4, 0.5) is 5.69 Å². The molecule has 1 fully saturated rings. The molecule has 0 unspecified atom stereocenters. The van der Waals surface area contributed by atoms with Crippen LogP contribution in [-0.4, -0.2) is 41.5 Å². The third-order valence-corrected chi connectivity index (χ3v) is 4.48. The van der Waals surface area contributed by atoms with E-state index in [9.17, 15) is 9.59 Å². The number of nitrogens with zero attached hydrogens (tertiary/aromatic N) is 1. The van der Waals surface area contributed by atoms with Gasteiger partial charge >= 0.3 is 5.97 Å². The average molecular weight is 376 g/mol. The summed E-state index contributed by atoms with van der Waals surface area (Å²) in [5, 5.41) is 12.6. The Kier molecular flexibility index (Phi) is 5.47. The van der Waals surface area contributed by atoms with Gasteiger partial charge in [0.15, 0.2) is 0 Å². The Hall–Kier alpha value is -1.27. The second-order valence-corrected chi connectivity index (χ2v) is 6.26. The van der Waals surface area contributed by atoms with Gasteiger partial charge in [-0.15, -0.1) is 0 Å². The first-order valence-electron chi connectivity index (χ1n) is 6.67. The molecule has 7 heteroatoms. The molecule has 1 aromatic carbocycles. The number of hydrogen-bond donors (Lipinski definition) is 2. The number of carbonyl (C=O) groups is 2. The first-order chi connectivity index (χ1) is 9.97. The molecule has 0 spiro atoms. The number of carbonyl (C=O) groups excluding carboxylic acids is 1. The lowest BCUT2D eigenvalue weighted by Crippen LogP contribution is -2.42. The van der Waals surface area contributed by atoms with Gasteiger partial charge in [0.05, 0.1) is 18.2 Å². The number of amides is 1. The van der Waals surface area contributed by atoms with E-state index in [0.29, 0.717) is 31.0 Å². The van der Waals surface area contributed by atoms with E-state index in [2.05, 4.69) is 21.2 Å². The van der Waals surface area contributed by atoms with Gasteiger partial charge in [-0.1, -0.05) is 11.6 Å². The summed E-state index contributed by atoms with van der Waals surface area (Å²) in [6, 6.07) is 5.32. The number of halogens is 2. The Bertz CT molecular complexity index is 545. The Labute approximate surface area is 136 Å². The zero-order valence-electron chi connectivity index (χ0n) is 11.3. The summed E-state index contributed by atoms with van der Waals surface area (Å²) in [6.45, 7) is 1.15. The highest BCUT2D eigenvalue weighted by molar-refractivity contribution is 9.10. The summed E-state index contributed by atoms with van der Waals surface area (Å²) in [7, 11) is 0. The minimum absolute atomic E-state index is 0.0364. The molecule has 0 bridgehead atoms. The highest BCUT2D eigenvalue weighted by Gasteiger charge is 2.26. The minimum atomic E-state index is -0.775. The predicted molar refractivity (Wildman–Crippen MR) is 84.6 cm³/mol. The SMILES string of the molecule is O=C(O)C1CCN(C(=O)CNc2cc(Cl)ccc2Br)CC1. The van der Waals surface area contributed by atoms with Crippen molar-refractivity contribution in [2.24, 2.45) is 5.92 Å². The molecule has 1 heterocycles. The normalized spacial score (nSPS) is 15.8. The standard InChI is InChI=1S/C14H16BrClN2O3/c15-11-2-1-10(16)7-12(11)17-8-13(19)18-5-3-9(4-6-18)14(20)21/h1-2,7,9,17H,3-6,8H2,(H,20,21). The molecule has 0 atom stereocenters. The van der Waals surface area contributed by atoms with Crippen LogP contribution in [0.2, 0.25) is 5.02 Å². The maximum absolute atomic E-state index is 12.1. The van der Waals surface area contributed by atoms with Crippen LogP contribution in [0, 0.1) is 5.92 Å². The Morgan fingerprint density at radius 2 is 2.05 bits per heavy atom. The molecular weight excluding hydrogens is 360 g/mol. The van der Waals surface area contributed by atoms with Gasteiger partial charge in [0.2, 0.25) is 5.91 Å². The number of benzene rings is 1. The Balaban J connectivity index is 1.85. The van der Waals surface area contributed by atoms with Gasteiger partial charge < -0.3 is 15.3 Å². The van der Waals surface area contributed by atoms with Crippen molar-refractivity contribution in [2.45, 2.75) is 12.8 Å².